The van der Waals surface area contributed by atoms with E-state index in [1.54, 1.807) is 24.4 Å². The summed E-state index contributed by atoms with van der Waals surface area (Å²) in [6.45, 7) is 4.95. The monoisotopic (exact) mass is 363 g/mol. The third-order valence-corrected chi connectivity index (χ3v) is 4.21. The van der Waals surface area contributed by atoms with Gasteiger partial charge in [0, 0.05) is 24.5 Å². The van der Waals surface area contributed by atoms with Gasteiger partial charge in [0.25, 0.3) is 5.91 Å². The summed E-state index contributed by atoms with van der Waals surface area (Å²) < 4.78 is 13.2. The molecule has 0 saturated carbocycles. The summed E-state index contributed by atoms with van der Waals surface area (Å²) in [6, 6.07) is 19.8. The molecule has 3 aromatic rings. The number of carbonyl (C=O) groups excluding carboxylic acids is 1. The quantitative estimate of drug-likeness (QED) is 0.678. The summed E-state index contributed by atoms with van der Waals surface area (Å²) in [7, 11) is 0. The summed E-state index contributed by atoms with van der Waals surface area (Å²) in [5, 5.41) is 2.68. The molecule has 1 aromatic heterocycles. The maximum Gasteiger partial charge on any atom is 0.257 e. The van der Waals surface area contributed by atoms with Crippen molar-refractivity contribution in [3.63, 3.8) is 0 Å². The number of pyridine rings is 1. The summed E-state index contributed by atoms with van der Waals surface area (Å²) >= 11 is 0. The highest BCUT2D eigenvalue weighted by Gasteiger charge is 2.14. The van der Waals surface area contributed by atoms with E-state index in [0.717, 1.165) is 12.4 Å². The minimum Gasteiger partial charge on any atom is -0.350 e. The van der Waals surface area contributed by atoms with Crippen molar-refractivity contribution in [2.45, 2.75) is 26.4 Å². The summed E-state index contributed by atoms with van der Waals surface area (Å²) in [5.41, 5.74) is 2.03. The summed E-state index contributed by atoms with van der Waals surface area (Å²) in [4.78, 5) is 19.0. The lowest BCUT2D eigenvalue weighted by Crippen LogP contribution is -2.31. The van der Waals surface area contributed by atoms with Gasteiger partial charge in [0.1, 0.15) is 11.6 Å². The molecule has 0 aliphatic carbocycles. The van der Waals surface area contributed by atoms with Gasteiger partial charge in [0.15, 0.2) is 0 Å². The Hall–Kier alpha value is -3.21. The number of carbonyl (C=O) groups is 1. The van der Waals surface area contributed by atoms with Crippen LogP contribution in [0.5, 0.6) is 0 Å². The Balaban J connectivity index is 1.73. The molecule has 0 fully saturated rings. The van der Waals surface area contributed by atoms with Crippen LogP contribution in [-0.4, -0.2) is 16.9 Å². The molecule has 138 valence electrons. The minimum atomic E-state index is -0.394. The second-order valence-electron chi connectivity index (χ2n) is 6.58. The number of hydrogen-bond acceptors (Lipinski definition) is 3. The van der Waals surface area contributed by atoms with E-state index >= 15 is 0 Å². The minimum absolute atomic E-state index is 0.254. The van der Waals surface area contributed by atoms with Crippen molar-refractivity contribution in [2.24, 2.45) is 0 Å². The van der Waals surface area contributed by atoms with E-state index in [1.165, 1.54) is 17.7 Å². The fourth-order valence-electron chi connectivity index (χ4n) is 2.77. The van der Waals surface area contributed by atoms with Crippen LogP contribution in [0.15, 0.2) is 72.9 Å². The number of hydrogen-bond donors (Lipinski definition) is 1. The molecule has 1 N–H and O–H groups in total. The normalized spacial score (nSPS) is 10.7. The lowest BCUT2D eigenvalue weighted by molar-refractivity contribution is 0.102. The third kappa shape index (κ3) is 4.91. The average molecular weight is 363 g/mol. The molecule has 0 unspecified atom stereocenters. The molecule has 5 heteroatoms. The number of anilines is 2. The van der Waals surface area contributed by atoms with Gasteiger partial charge in [0.05, 0.1) is 5.56 Å². The highest BCUT2D eigenvalue weighted by molar-refractivity contribution is 6.04. The zero-order chi connectivity index (χ0) is 19.2. The first-order chi connectivity index (χ1) is 13.0. The van der Waals surface area contributed by atoms with Crippen molar-refractivity contribution < 1.29 is 9.18 Å². The maximum absolute atomic E-state index is 13.2. The van der Waals surface area contributed by atoms with Crippen molar-refractivity contribution in [3.05, 3.63) is 89.9 Å². The molecule has 0 aliphatic heterocycles. The van der Waals surface area contributed by atoms with Gasteiger partial charge in [-0.3, -0.25) is 4.79 Å². The van der Waals surface area contributed by atoms with E-state index in [4.69, 9.17) is 0 Å². The summed E-state index contributed by atoms with van der Waals surface area (Å²) in [5.74, 6) is 0.0877. The first-order valence-corrected chi connectivity index (χ1v) is 8.86. The molecule has 1 heterocycles. The van der Waals surface area contributed by atoms with Crippen molar-refractivity contribution in [3.8, 4) is 0 Å². The third-order valence-electron chi connectivity index (χ3n) is 4.21. The Kier molecular flexibility index (Phi) is 5.81. The maximum atomic E-state index is 13.2. The van der Waals surface area contributed by atoms with E-state index < -0.39 is 5.82 Å². The molecule has 0 aliphatic rings. The predicted molar refractivity (Wildman–Crippen MR) is 106 cm³/mol. The molecular formula is C22H22FN3O. The van der Waals surface area contributed by atoms with Gasteiger partial charge in [-0.1, -0.05) is 36.4 Å². The van der Waals surface area contributed by atoms with E-state index in [-0.39, 0.29) is 11.9 Å². The fraction of sp³-hybridized carbons (Fsp3) is 0.182. The van der Waals surface area contributed by atoms with Crippen molar-refractivity contribution in [1.29, 1.82) is 0 Å². The van der Waals surface area contributed by atoms with E-state index in [9.17, 15) is 9.18 Å². The van der Waals surface area contributed by atoms with Crippen LogP contribution in [-0.2, 0) is 6.54 Å². The molecule has 1 amide bonds. The van der Waals surface area contributed by atoms with Crippen LogP contribution >= 0.6 is 0 Å². The van der Waals surface area contributed by atoms with Gasteiger partial charge in [-0.25, -0.2) is 9.37 Å². The van der Waals surface area contributed by atoms with E-state index in [0.29, 0.717) is 11.3 Å². The van der Waals surface area contributed by atoms with Crippen LogP contribution in [0.4, 0.5) is 15.9 Å². The zero-order valence-corrected chi connectivity index (χ0v) is 15.4. The Morgan fingerprint density at radius 3 is 2.48 bits per heavy atom. The SMILES string of the molecule is CC(C)N(Cc1ccccc1)c1ccc(C(=O)Nc2cccc(F)c2)cn1. The van der Waals surface area contributed by atoms with Gasteiger partial charge in [0.2, 0.25) is 0 Å². The van der Waals surface area contributed by atoms with Crippen LogP contribution in [0.25, 0.3) is 0 Å². The zero-order valence-electron chi connectivity index (χ0n) is 15.4. The van der Waals surface area contributed by atoms with Crippen LogP contribution in [0.2, 0.25) is 0 Å². The highest BCUT2D eigenvalue weighted by Crippen LogP contribution is 2.19. The lowest BCUT2D eigenvalue weighted by Gasteiger charge is -2.28. The Bertz CT molecular complexity index is 895. The number of halogens is 1. The second-order valence-corrected chi connectivity index (χ2v) is 6.58. The summed E-state index contributed by atoms with van der Waals surface area (Å²) in [6.07, 6.45) is 1.55. The van der Waals surface area contributed by atoms with Crippen molar-refractivity contribution >= 4 is 17.4 Å². The first-order valence-electron chi connectivity index (χ1n) is 8.86. The van der Waals surface area contributed by atoms with Gasteiger partial charge in [-0.15, -0.1) is 0 Å². The Morgan fingerprint density at radius 1 is 1.07 bits per heavy atom. The predicted octanol–water partition coefficient (Wildman–Crippen LogP) is 4.89. The molecule has 0 saturated heterocycles. The van der Waals surface area contributed by atoms with Gasteiger partial charge < -0.3 is 10.2 Å². The number of nitrogens with zero attached hydrogens (tertiary/aromatic N) is 2. The Labute approximate surface area is 158 Å². The molecule has 0 radical (unpaired) electrons. The van der Waals surface area contributed by atoms with Crippen molar-refractivity contribution in [1.82, 2.24) is 4.98 Å². The van der Waals surface area contributed by atoms with Gasteiger partial charge >= 0.3 is 0 Å². The molecular weight excluding hydrogens is 341 g/mol. The highest BCUT2D eigenvalue weighted by atomic mass is 19.1. The number of benzene rings is 2. The van der Waals surface area contributed by atoms with Crippen LogP contribution in [0.1, 0.15) is 29.8 Å². The molecule has 0 spiro atoms. The largest absolute Gasteiger partial charge is 0.350 e. The second kappa shape index (κ2) is 8.45. The topological polar surface area (TPSA) is 45.2 Å². The molecule has 4 nitrogen and oxygen atoms in total. The van der Waals surface area contributed by atoms with Crippen LogP contribution < -0.4 is 10.2 Å². The van der Waals surface area contributed by atoms with Crippen LogP contribution in [0.3, 0.4) is 0 Å². The van der Waals surface area contributed by atoms with Gasteiger partial charge in [-0.2, -0.15) is 0 Å². The Morgan fingerprint density at radius 2 is 1.85 bits per heavy atom. The smallest absolute Gasteiger partial charge is 0.257 e. The number of rotatable bonds is 6. The van der Waals surface area contributed by atoms with E-state index in [2.05, 4.69) is 41.2 Å². The number of nitrogens with one attached hydrogen (secondary N) is 1. The fourth-order valence-corrected chi connectivity index (χ4v) is 2.77. The first kappa shape index (κ1) is 18.6. The number of aromatic nitrogens is 1. The molecule has 0 atom stereocenters. The van der Waals surface area contributed by atoms with E-state index in [1.807, 2.05) is 24.3 Å². The number of amides is 1. The average Bonchev–Trinajstić information content (AvgIpc) is 2.67. The standard InChI is InChI=1S/C22H22FN3O/c1-16(2)26(15-17-7-4-3-5-8-17)21-12-11-18(14-24-21)22(27)25-20-10-6-9-19(23)13-20/h3-14,16H,15H2,1-2H3,(H,25,27). The lowest BCUT2D eigenvalue weighted by atomic mass is 10.2. The van der Waals surface area contributed by atoms with Gasteiger partial charge in [-0.05, 0) is 49.7 Å². The molecule has 2 aromatic carbocycles. The molecule has 0 bridgehead atoms. The van der Waals surface area contributed by atoms with Crippen molar-refractivity contribution in [2.75, 3.05) is 10.2 Å². The molecule has 27 heavy (non-hydrogen) atoms. The van der Waals surface area contributed by atoms with Crippen LogP contribution in [0, 0.1) is 5.82 Å². The molecule has 3 rings (SSSR count).